The van der Waals surface area contributed by atoms with Gasteiger partial charge in [0.2, 0.25) is 5.91 Å². The van der Waals surface area contributed by atoms with Crippen LogP contribution in [0.3, 0.4) is 0 Å². The molecule has 0 bridgehead atoms. The van der Waals surface area contributed by atoms with Crippen LogP contribution in [0.25, 0.3) is 0 Å². The maximum atomic E-state index is 14.6. The molecule has 2 fully saturated rings. The third kappa shape index (κ3) is 3.51. The summed E-state index contributed by atoms with van der Waals surface area (Å²) < 4.78 is 19.6. The van der Waals surface area contributed by atoms with E-state index in [1.54, 1.807) is 12.1 Å². The van der Waals surface area contributed by atoms with Crippen LogP contribution in [0.2, 0.25) is 0 Å². The van der Waals surface area contributed by atoms with E-state index in [-0.39, 0.29) is 36.8 Å². The zero-order chi connectivity index (χ0) is 17.1. The Morgan fingerprint density at radius 1 is 1.42 bits per heavy atom. The van der Waals surface area contributed by atoms with Gasteiger partial charge < -0.3 is 15.4 Å². The smallest absolute Gasteiger partial charge is 0.414 e. The van der Waals surface area contributed by atoms with Gasteiger partial charge in [-0.2, -0.15) is 0 Å². The number of nitrogens with one attached hydrogen (secondary N) is 2. The lowest BCUT2D eigenvalue weighted by Gasteiger charge is -2.25. The average Bonchev–Trinajstić information content (AvgIpc) is 2.94. The zero-order valence-electron chi connectivity index (χ0n) is 13.7. The highest BCUT2D eigenvalue weighted by Crippen LogP contribution is 2.31. The van der Waals surface area contributed by atoms with Gasteiger partial charge in [0.25, 0.3) is 0 Å². The van der Waals surface area contributed by atoms with Gasteiger partial charge in [0.05, 0.1) is 11.7 Å². The van der Waals surface area contributed by atoms with Gasteiger partial charge in [0, 0.05) is 13.5 Å². The van der Waals surface area contributed by atoms with Crippen LogP contribution in [0.4, 0.5) is 14.9 Å². The molecular weight excluding hydrogens is 313 g/mol. The molecule has 3 rings (SSSR count). The molecule has 0 saturated carbocycles. The van der Waals surface area contributed by atoms with Crippen molar-refractivity contribution in [1.82, 2.24) is 10.6 Å². The quantitative estimate of drug-likeness (QED) is 0.879. The van der Waals surface area contributed by atoms with Crippen LogP contribution < -0.4 is 15.5 Å². The molecule has 1 atom stereocenters. The first-order valence-electron chi connectivity index (χ1n) is 8.27. The molecule has 2 saturated heterocycles. The van der Waals surface area contributed by atoms with Crippen molar-refractivity contribution in [2.24, 2.45) is 0 Å². The number of nitrogens with zero attached hydrogens (tertiary/aromatic N) is 1. The van der Waals surface area contributed by atoms with Crippen molar-refractivity contribution in [3.8, 4) is 0 Å². The number of halogens is 1. The van der Waals surface area contributed by atoms with Crippen LogP contribution >= 0.6 is 0 Å². The minimum atomic E-state index is -0.514. The Hall–Kier alpha value is -2.15. The van der Waals surface area contributed by atoms with E-state index >= 15 is 0 Å². The number of anilines is 1. The predicted molar refractivity (Wildman–Crippen MR) is 87.5 cm³/mol. The molecule has 1 aromatic rings. The van der Waals surface area contributed by atoms with E-state index in [4.69, 9.17) is 4.74 Å². The largest absolute Gasteiger partial charge is 0.447 e. The monoisotopic (exact) mass is 335 g/mol. The number of hydrogen-bond acceptors (Lipinski definition) is 4. The summed E-state index contributed by atoms with van der Waals surface area (Å²) in [4.78, 5) is 24.5. The first-order chi connectivity index (χ1) is 11.6. The first kappa shape index (κ1) is 16.7. The van der Waals surface area contributed by atoms with Gasteiger partial charge in [-0.15, -0.1) is 0 Å². The molecular formula is C17H22FN3O3. The lowest BCUT2D eigenvalue weighted by Crippen LogP contribution is -2.42. The van der Waals surface area contributed by atoms with Crippen LogP contribution in [0.15, 0.2) is 18.2 Å². The molecule has 130 valence electrons. The second-order valence-electron chi connectivity index (χ2n) is 6.27. The number of benzene rings is 1. The Labute approximate surface area is 140 Å². The maximum Gasteiger partial charge on any atom is 0.414 e. The topological polar surface area (TPSA) is 70.7 Å². The fraction of sp³-hybridized carbons (Fsp3) is 0.529. The van der Waals surface area contributed by atoms with E-state index < -0.39 is 6.09 Å². The van der Waals surface area contributed by atoms with E-state index in [2.05, 4.69) is 10.6 Å². The fourth-order valence-corrected chi connectivity index (χ4v) is 3.32. The number of rotatable bonds is 4. The van der Waals surface area contributed by atoms with E-state index in [0.717, 1.165) is 25.9 Å². The van der Waals surface area contributed by atoms with Gasteiger partial charge in [-0.25, -0.2) is 9.18 Å². The van der Waals surface area contributed by atoms with Crippen molar-refractivity contribution in [3.05, 3.63) is 29.6 Å². The Kier molecular flexibility index (Phi) is 4.99. The second-order valence-corrected chi connectivity index (χ2v) is 6.27. The van der Waals surface area contributed by atoms with E-state index in [9.17, 15) is 14.0 Å². The van der Waals surface area contributed by atoms with Crippen molar-refractivity contribution < 1.29 is 18.7 Å². The Bertz CT molecular complexity index is 632. The molecule has 1 aromatic carbocycles. The van der Waals surface area contributed by atoms with Crippen molar-refractivity contribution in [1.29, 1.82) is 0 Å². The highest BCUT2D eigenvalue weighted by molar-refractivity contribution is 5.90. The number of amides is 2. The molecule has 2 amide bonds. The van der Waals surface area contributed by atoms with E-state index in [1.807, 2.05) is 0 Å². The molecule has 2 N–H and O–H groups in total. The molecule has 7 heteroatoms. The minimum Gasteiger partial charge on any atom is -0.447 e. The summed E-state index contributed by atoms with van der Waals surface area (Å²) in [5.74, 6) is -0.264. The van der Waals surface area contributed by atoms with Crippen molar-refractivity contribution >= 4 is 17.7 Å². The fourth-order valence-electron chi connectivity index (χ4n) is 3.32. The number of cyclic esters (lactones) is 1. The standard InChI is InChI=1S/C17H22FN3O3/c1-11(22)20-9-14-10-24-17(23)21(14)13-2-3-15(16(18)8-13)12-4-6-19-7-5-12/h2-3,8,12,14,19H,4-7,9-10H2,1H3,(H,20,22)/t14-/m0/s1. The van der Waals surface area contributed by atoms with Crippen LogP contribution in [-0.4, -0.2) is 44.3 Å². The van der Waals surface area contributed by atoms with Gasteiger partial charge >= 0.3 is 6.09 Å². The summed E-state index contributed by atoms with van der Waals surface area (Å²) in [7, 11) is 0. The van der Waals surface area contributed by atoms with Crippen LogP contribution in [0, 0.1) is 5.82 Å². The SMILES string of the molecule is CC(=O)NC[C@H]1COC(=O)N1c1ccc(C2CCNCC2)c(F)c1. The third-order valence-corrected chi connectivity index (χ3v) is 4.59. The molecule has 0 aliphatic carbocycles. The summed E-state index contributed by atoms with van der Waals surface area (Å²) in [6.45, 7) is 3.65. The number of hydrogen-bond donors (Lipinski definition) is 2. The van der Waals surface area contributed by atoms with Gasteiger partial charge in [0.15, 0.2) is 0 Å². The van der Waals surface area contributed by atoms with Gasteiger partial charge in [-0.1, -0.05) is 6.07 Å². The van der Waals surface area contributed by atoms with Gasteiger partial charge in [0.1, 0.15) is 12.4 Å². The normalized spacial score (nSPS) is 21.7. The summed E-state index contributed by atoms with van der Waals surface area (Å²) in [6, 6.07) is 4.59. The summed E-state index contributed by atoms with van der Waals surface area (Å²) >= 11 is 0. The minimum absolute atomic E-state index is 0.177. The van der Waals surface area contributed by atoms with Crippen LogP contribution in [0.5, 0.6) is 0 Å². The summed E-state index contributed by atoms with van der Waals surface area (Å²) in [5.41, 5.74) is 1.16. The molecule has 2 aliphatic rings. The number of ether oxygens (including phenoxy) is 1. The molecule has 0 unspecified atom stereocenters. The zero-order valence-corrected chi connectivity index (χ0v) is 13.7. The van der Waals surface area contributed by atoms with Gasteiger partial charge in [-0.05, 0) is 49.5 Å². The lowest BCUT2D eigenvalue weighted by molar-refractivity contribution is -0.119. The Balaban J connectivity index is 1.78. The van der Waals surface area contributed by atoms with E-state index in [1.165, 1.54) is 17.9 Å². The molecule has 6 nitrogen and oxygen atoms in total. The lowest BCUT2D eigenvalue weighted by atomic mass is 9.89. The summed E-state index contributed by atoms with van der Waals surface area (Å²) in [6.07, 6.45) is 1.31. The van der Waals surface area contributed by atoms with Crippen molar-refractivity contribution in [2.45, 2.75) is 31.7 Å². The Morgan fingerprint density at radius 2 is 2.17 bits per heavy atom. The molecule has 2 heterocycles. The van der Waals surface area contributed by atoms with E-state index in [0.29, 0.717) is 11.3 Å². The van der Waals surface area contributed by atoms with Gasteiger partial charge in [-0.3, -0.25) is 9.69 Å². The average molecular weight is 335 g/mol. The number of piperidine rings is 1. The maximum absolute atomic E-state index is 14.6. The first-order valence-corrected chi connectivity index (χ1v) is 8.27. The highest BCUT2D eigenvalue weighted by Gasteiger charge is 2.34. The van der Waals surface area contributed by atoms with Crippen LogP contribution in [-0.2, 0) is 9.53 Å². The highest BCUT2D eigenvalue weighted by atomic mass is 19.1. The van der Waals surface area contributed by atoms with Crippen molar-refractivity contribution in [3.63, 3.8) is 0 Å². The third-order valence-electron chi connectivity index (χ3n) is 4.59. The molecule has 0 spiro atoms. The molecule has 24 heavy (non-hydrogen) atoms. The predicted octanol–water partition coefficient (Wildman–Crippen LogP) is 1.75. The molecule has 0 aromatic heterocycles. The molecule has 2 aliphatic heterocycles. The van der Waals surface area contributed by atoms with Crippen LogP contribution in [0.1, 0.15) is 31.2 Å². The summed E-state index contributed by atoms with van der Waals surface area (Å²) in [5, 5.41) is 5.94. The second kappa shape index (κ2) is 7.17. The Morgan fingerprint density at radius 3 is 2.83 bits per heavy atom. The molecule has 0 radical (unpaired) electrons. The number of carbonyl (C=O) groups is 2. The van der Waals surface area contributed by atoms with Crippen molar-refractivity contribution in [2.75, 3.05) is 31.1 Å². The number of carbonyl (C=O) groups excluding carboxylic acids is 2.